The van der Waals surface area contributed by atoms with Crippen molar-refractivity contribution in [1.82, 2.24) is 4.90 Å². The number of amides is 2. The largest absolute Gasteiger partial charge is 0.377 e. The standard InChI is InChI=1S/C16H24N2O4S/c1-4-22-11-14-7-5-6-8-15(14)17-16(19)18-9-10-23(20,21)13(3)12(18)2/h5-8,12-13H,4,9-11H2,1-3H3,(H,17,19). The molecule has 2 amide bonds. The number of nitrogens with zero attached hydrogens (tertiary/aromatic N) is 1. The van der Waals surface area contributed by atoms with Crippen molar-refractivity contribution in [2.45, 2.75) is 38.7 Å². The Morgan fingerprint density at radius 2 is 2.04 bits per heavy atom. The van der Waals surface area contributed by atoms with Gasteiger partial charge in [-0.1, -0.05) is 18.2 Å². The van der Waals surface area contributed by atoms with E-state index in [-0.39, 0.29) is 24.4 Å². The van der Waals surface area contributed by atoms with Gasteiger partial charge >= 0.3 is 6.03 Å². The summed E-state index contributed by atoms with van der Waals surface area (Å²) in [6.07, 6.45) is 0. The van der Waals surface area contributed by atoms with Crippen LogP contribution in [0.3, 0.4) is 0 Å². The van der Waals surface area contributed by atoms with E-state index in [4.69, 9.17) is 4.74 Å². The third-order valence-corrected chi connectivity index (χ3v) is 6.61. The molecule has 2 atom stereocenters. The highest BCUT2D eigenvalue weighted by atomic mass is 32.2. The van der Waals surface area contributed by atoms with Gasteiger partial charge in [-0.25, -0.2) is 13.2 Å². The Morgan fingerprint density at radius 3 is 2.74 bits per heavy atom. The molecule has 0 saturated carbocycles. The van der Waals surface area contributed by atoms with E-state index in [1.165, 1.54) is 0 Å². The smallest absolute Gasteiger partial charge is 0.322 e. The Kier molecular flexibility index (Phi) is 5.64. The van der Waals surface area contributed by atoms with Crippen molar-refractivity contribution in [3.63, 3.8) is 0 Å². The van der Waals surface area contributed by atoms with Crippen molar-refractivity contribution in [2.24, 2.45) is 0 Å². The number of carbonyl (C=O) groups is 1. The molecule has 0 radical (unpaired) electrons. The number of para-hydroxylation sites is 1. The molecule has 6 nitrogen and oxygen atoms in total. The van der Waals surface area contributed by atoms with Crippen molar-refractivity contribution < 1.29 is 17.9 Å². The summed E-state index contributed by atoms with van der Waals surface area (Å²) in [5, 5.41) is 2.32. The Balaban J connectivity index is 2.11. The van der Waals surface area contributed by atoms with Crippen LogP contribution in [-0.4, -0.2) is 49.5 Å². The number of urea groups is 1. The minimum Gasteiger partial charge on any atom is -0.377 e. The molecule has 128 valence electrons. The van der Waals surface area contributed by atoms with Gasteiger partial charge in [0.25, 0.3) is 0 Å². The normalized spacial score (nSPS) is 23.5. The molecule has 0 bridgehead atoms. The van der Waals surface area contributed by atoms with Crippen LogP contribution >= 0.6 is 0 Å². The van der Waals surface area contributed by atoms with Gasteiger partial charge in [0, 0.05) is 30.4 Å². The van der Waals surface area contributed by atoms with Crippen LogP contribution in [0.5, 0.6) is 0 Å². The molecule has 1 saturated heterocycles. The molecular weight excluding hydrogens is 316 g/mol. The van der Waals surface area contributed by atoms with E-state index in [0.29, 0.717) is 18.9 Å². The monoisotopic (exact) mass is 340 g/mol. The number of ether oxygens (including phenoxy) is 1. The molecule has 0 aliphatic carbocycles. The highest BCUT2D eigenvalue weighted by molar-refractivity contribution is 7.92. The van der Waals surface area contributed by atoms with E-state index in [2.05, 4.69) is 5.32 Å². The first-order valence-electron chi connectivity index (χ1n) is 7.81. The fourth-order valence-corrected chi connectivity index (χ4v) is 4.19. The fourth-order valence-electron chi connectivity index (χ4n) is 2.62. The third-order valence-electron chi connectivity index (χ3n) is 4.34. The number of rotatable bonds is 4. The van der Waals surface area contributed by atoms with E-state index in [9.17, 15) is 13.2 Å². The van der Waals surface area contributed by atoms with E-state index in [0.717, 1.165) is 5.56 Å². The second-order valence-corrected chi connectivity index (χ2v) is 8.21. The Bertz CT molecular complexity index is 660. The number of carbonyl (C=O) groups excluding carboxylic acids is 1. The van der Waals surface area contributed by atoms with Gasteiger partial charge in [-0.05, 0) is 26.8 Å². The average molecular weight is 340 g/mol. The molecule has 2 rings (SSSR count). The van der Waals surface area contributed by atoms with E-state index < -0.39 is 15.1 Å². The number of nitrogens with one attached hydrogen (secondary N) is 1. The van der Waals surface area contributed by atoms with Gasteiger partial charge in [0.2, 0.25) is 0 Å². The second kappa shape index (κ2) is 7.31. The van der Waals surface area contributed by atoms with Gasteiger partial charge in [0.15, 0.2) is 9.84 Å². The third kappa shape index (κ3) is 4.03. The fraction of sp³-hybridized carbons (Fsp3) is 0.562. The zero-order chi connectivity index (χ0) is 17.0. The lowest BCUT2D eigenvalue weighted by Crippen LogP contribution is -2.55. The number of anilines is 1. The molecule has 0 aromatic heterocycles. The summed E-state index contributed by atoms with van der Waals surface area (Å²) in [6.45, 7) is 6.58. The SMILES string of the molecule is CCOCc1ccccc1NC(=O)N1CCS(=O)(=O)C(C)C1C. The van der Waals surface area contributed by atoms with Crippen molar-refractivity contribution in [2.75, 3.05) is 24.2 Å². The van der Waals surface area contributed by atoms with E-state index in [1.807, 2.05) is 31.2 Å². The zero-order valence-electron chi connectivity index (χ0n) is 13.8. The van der Waals surface area contributed by atoms with Gasteiger partial charge in [-0.3, -0.25) is 0 Å². The van der Waals surface area contributed by atoms with E-state index in [1.54, 1.807) is 18.7 Å². The summed E-state index contributed by atoms with van der Waals surface area (Å²) >= 11 is 0. The summed E-state index contributed by atoms with van der Waals surface area (Å²) in [5.74, 6) is 0.00647. The van der Waals surface area contributed by atoms with Gasteiger partial charge in [-0.2, -0.15) is 0 Å². The number of hydrogen-bond donors (Lipinski definition) is 1. The van der Waals surface area contributed by atoms with E-state index >= 15 is 0 Å². The summed E-state index contributed by atoms with van der Waals surface area (Å²) in [5.41, 5.74) is 1.59. The minimum absolute atomic E-state index is 0.00647. The average Bonchev–Trinajstić information content (AvgIpc) is 2.52. The van der Waals surface area contributed by atoms with Crippen molar-refractivity contribution in [3.8, 4) is 0 Å². The summed E-state index contributed by atoms with van der Waals surface area (Å²) in [4.78, 5) is 14.1. The molecule has 1 heterocycles. The van der Waals surface area contributed by atoms with Gasteiger partial charge in [0.05, 0.1) is 17.6 Å². The van der Waals surface area contributed by atoms with Crippen LogP contribution in [0.25, 0.3) is 0 Å². The highest BCUT2D eigenvalue weighted by Crippen LogP contribution is 2.22. The molecular formula is C16H24N2O4S. The van der Waals surface area contributed by atoms with Crippen molar-refractivity contribution >= 4 is 21.6 Å². The quantitative estimate of drug-likeness (QED) is 0.912. The van der Waals surface area contributed by atoms with Gasteiger partial charge < -0.3 is 15.0 Å². The lowest BCUT2D eigenvalue weighted by atomic mass is 10.2. The maximum absolute atomic E-state index is 12.5. The first-order chi connectivity index (χ1) is 10.9. The molecule has 1 aromatic carbocycles. The Morgan fingerprint density at radius 1 is 1.35 bits per heavy atom. The van der Waals surface area contributed by atoms with Crippen LogP contribution in [0, 0.1) is 0 Å². The van der Waals surface area contributed by atoms with Crippen molar-refractivity contribution in [1.29, 1.82) is 0 Å². The zero-order valence-corrected chi connectivity index (χ0v) is 14.6. The molecule has 1 fully saturated rings. The molecule has 1 N–H and O–H groups in total. The molecule has 23 heavy (non-hydrogen) atoms. The lowest BCUT2D eigenvalue weighted by molar-refractivity contribution is 0.134. The predicted octanol–water partition coefficient (Wildman–Crippen LogP) is 2.26. The molecule has 2 unspecified atom stereocenters. The first kappa shape index (κ1) is 17.7. The number of hydrogen-bond acceptors (Lipinski definition) is 4. The highest BCUT2D eigenvalue weighted by Gasteiger charge is 2.38. The molecule has 7 heteroatoms. The first-order valence-corrected chi connectivity index (χ1v) is 9.53. The lowest BCUT2D eigenvalue weighted by Gasteiger charge is -2.37. The van der Waals surface area contributed by atoms with Crippen LogP contribution in [0.1, 0.15) is 26.3 Å². The Hall–Kier alpha value is -1.60. The molecule has 1 aromatic rings. The van der Waals surface area contributed by atoms with Crippen LogP contribution in [-0.2, 0) is 21.2 Å². The van der Waals surface area contributed by atoms with Crippen molar-refractivity contribution in [3.05, 3.63) is 29.8 Å². The maximum Gasteiger partial charge on any atom is 0.322 e. The Labute approximate surface area is 137 Å². The second-order valence-electron chi connectivity index (χ2n) is 5.73. The molecule has 0 spiro atoms. The van der Waals surface area contributed by atoms with Crippen LogP contribution in [0.4, 0.5) is 10.5 Å². The van der Waals surface area contributed by atoms with Crippen LogP contribution < -0.4 is 5.32 Å². The number of benzene rings is 1. The molecule has 1 aliphatic heterocycles. The van der Waals surface area contributed by atoms with Crippen LogP contribution in [0.2, 0.25) is 0 Å². The number of sulfone groups is 1. The summed E-state index contributed by atoms with van der Waals surface area (Å²) < 4.78 is 29.2. The maximum atomic E-state index is 12.5. The topological polar surface area (TPSA) is 75.7 Å². The minimum atomic E-state index is -3.11. The summed E-state index contributed by atoms with van der Waals surface area (Å²) in [6, 6.07) is 6.83. The van der Waals surface area contributed by atoms with Gasteiger partial charge in [-0.15, -0.1) is 0 Å². The molecule has 1 aliphatic rings. The summed E-state index contributed by atoms with van der Waals surface area (Å²) in [7, 11) is -3.11. The predicted molar refractivity (Wildman–Crippen MR) is 90.2 cm³/mol. The van der Waals surface area contributed by atoms with Gasteiger partial charge in [0.1, 0.15) is 0 Å². The van der Waals surface area contributed by atoms with Crippen LogP contribution in [0.15, 0.2) is 24.3 Å².